The normalized spacial score (nSPS) is 17.1. The summed E-state index contributed by atoms with van der Waals surface area (Å²) in [6.07, 6.45) is 4.83. The van der Waals surface area contributed by atoms with Crippen LogP contribution in [0.1, 0.15) is 30.9 Å². The summed E-state index contributed by atoms with van der Waals surface area (Å²) in [6, 6.07) is 0. The van der Waals surface area contributed by atoms with Gasteiger partial charge in [-0.05, 0) is 12.8 Å². The molecule has 0 aliphatic carbocycles. The number of nitrogens with two attached hydrogens (primary N) is 1. The summed E-state index contributed by atoms with van der Waals surface area (Å²) in [5.41, 5.74) is 5.55. The van der Waals surface area contributed by atoms with Crippen molar-refractivity contribution < 1.29 is 0 Å². The highest BCUT2D eigenvalue weighted by molar-refractivity contribution is 4.97. The molecule has 66 valence electrons. The maximum Gasteiger partial charge on any atom is 0.146 e. The molecule has 0 fully saturated rings. The van der Waals surface area contributed by atoms with Crippen LogP contribution in [0.25, 0.3) is 0 Å². The highest BCUT2D eigenvalue weighted by Gasteiger charge is 2.12. The lowest BCUT2D eigenvalue weighted by Gasteiger charge is -2.03. The van der Waals surface area contributed by atoms with Crippen LogP contribution in [-0.4, -0.2) is 14.8 Å². The van der Waals surface area contributed by atoms with E-state index in [-0.39, 0.29) is 0 Å². The lowest BCUT2D eigenvalue weighted by atomic mass is 10.2. The monoisotopic (exact) mass is 166 g/mol. The van der Waals surface area contributed by atoms with Crippen molar-refractivity contribution in [1.82, 2.24) is 14.8 Å². The van der Waals surface area contributed by atoms with Crippen molar-refractivity contribution in [2.24, 2.45) is 5.73 Å². The third-order valence-corrected chi connectivity index (χ3v) is 2.37. The second kappa shape index (κ2) is 3.23. The Morgan fingerprint density at radius 2 is 2.17 bits per heavy atom. The molecule has 1 aromatic rings. The predicted octanol–water partition coefficient (Wildman–Crippen LogP) is 0.463. The topological polar surface area (TPSA) is 56.7 Å². The Labute approximate surface area is 71.8 Å². The summed E-state index contributed by atoms with van der Waals surface area (Å²) >= 11 is 0. The molecule has 2 rings (SSSR count). The Hall–Kier alpha value is -0.900. The van der Waals surface area contributed by atoms with Crippen LogP contribution in [0.5, 0.6) is 0 Å². The Morgan fingerprint density at radius 1 is 1.25 bits per heavy atom. The van der Waals surface area contributed by atoms with E-state index in [9.17, 15) is 0 Å². The molecule has 1 aliphatic rings. The van der Waals surface area contributed by atoms with Gasteiger partial charge in [-0.2, -0.15) is 0 Å². The van der Waals surface area contributed by atoms with Gasteiger partial charge in [-0.25, -0.2) is 0 Å². The van der Waals surface area contributed by atoms with Crippen molar-refractivity contribution in [3.8, 4) is 0 Å². The largest absolute Gasteiger partial charge is 0.324 e. The van der Waals surface area contributed by atoms with Crippen LogP contribution < -0.4 is 5.73 Å². The van der Waals surface area contributed by atoms with Gasteiger partial charge in [0.15, 0.2) is 0 Å². The van der Waals surface area contributed by atoms with Gasteiger partial charge in [0.1, 0.15) is 11.6 Å². The molecule has 4 heteroatoms. The van der Waals surface area contributed by atoms with Crippen LogP contribution in [0, 0.1) is 0 Å². The molecule has 0 aromatic carbocycles. The van der Waals surface area contributed by atoms with E-state index in [1.165, 1.54) is 19.3 Å². The smallest absolute Gasteiger partial charge is 0.146 e. The van der Waals surface area contributed by atoms with Crippen molar-refractivity contribution in [3.05, 3.63) is 11.6 Å². The van der Waals surface area contributed by atoms with Gasteiger partial charge in [0.2, 0.25) is 0 Å². The molecule has 0 radical (unpaired) electrons. The molecule has 0 saturated heterocycles. The van der Waals surface area contributed by atoms with Gasteiger partial charge in [-0.1, -0.05) is 6.42 Å². The molecule has 4 nitrogen and oxygen atoms in total. The standard InChI is InChI=1S/C8H14N4/c9-6-8-11-10-7-4-2-1-3-5-12(7)8/h1-6,9H2. The van der Waals surface area contributed by atoms with E-state index in [1.807, 2.05) is 0 Å². The van der Waals surface area contributed by atoms with Crippen molar-refractivity contribution in [1.29, 1.82) is 0 Å². The number of aryl methyl sites for hydroxylation is 1. The maximum atomic E-state index is 5.55. The minimum absolute atomic E-state index is 0.507. The van der Waals surface area contributed by atoms with E-state index in [0.29, 0.717) is 6.54 Å². The molecule has 0 saturated carbocycles. The van der Waals surface area contributed by atoms with Crippen LogP contribution in [0.3, 0.4) is 0 Å². The van der Waals surface area contributed by atoms with Gasteiger partial charge in [0.25, 0.3) is 0 Å². The average Bonchev–Trinajstić information content (AvgIpc) is 2.33. The number of fused-ring (bicyclic) bond motifs is 1. The number of rotatable bonds is 1. The van der Waals surface area contributed by atoms with Gasteiger partial charge in [-0.15, -0.1) is 10.2 Å². The molecule has 0 spiro atoms. The molecule has 2 heterocycles. The first-order valence-electron chi connectivity index (χ1n) is 4.53. The average molecular weight is 166 g/mol. The van der Waals surface area contributed by atoms with Gasteiger partial charge in [-0.3, -0.25) is 0 Å². The van der Waals surface area contributed by atoms with Gasteiger partial charge >= 0.3 is 0 Å². The summed E-state index contributed by atoms with van der Waals surface area (Å²) in [4.78, 5) is 0. The Balaban J connectivity index is 2.32. The second-order valence-corrected chi connectivity index (χ2v) is 3.20. The van der Waals surface area contributed by atoms with E-state index >= 15 is 0 Å². The van der Waals surface area contributed by atoms with E-state index in [0.717, 1.165) is 24.6 Å². The van der Waals surface area contributed by atoms with E-state index in [2.05, 4.69) is 14.8 Å². The van der Waals surface area contributed by atoms with Crippen molar-refractivity contribution >= 4 is 0 Å². The van der Waals surface area contributed by atoms with Crippen LogP contribution >= 0.6 is 0 Å². The van der Waals surface area contributed by atoms with E-state index in [4.69, 9.17) is 5.73 Å². The fraction of sp³-hybridized carbons (Fsp3) is 0.750. The molecule has 0 bridgehead atoms. The minimum Gasteiger partial charge on any atom is -0.324 e. The molecule has 1 aliphatic heterocycles. The summed E-state index contributed by atoms with van der Waals surface area (Å²) in [5.74, 6) is 2.06. The van der Waals surface area contributed by atoms with E-state index in [1.54, 1.807) is 0 Å². The third-order valence-electron chi connectivity index (χ3n) is 2.37. The predicted molar refractivity (Wildman–Crippen MR) is 45.5 cm³/mol. The number of hydrogen-bond acceptors (Lipinski definition) is 3. The second-order valence-electron chi connectivity index (χ2n) is 3.20. The quantitative estimate of drug-likeness (QED) is 0.659. The van der Waals surface area contributed by atoms with Gasteiger partial charge in [0.05, 0.1) is 6.54 Å². The minimum atomic E-state index is 0.507. The number of hydrogen-bond donors (Lipinski definition) is 1. The lowest BCUT2D eigenvalue weighted by Crippen LogP contribution is -2.09. The molecule has 1 aromatic heterocycles. The highest BCUT2D eigenvalue weighted by atomic mass is 15.3. The fourth-order valence-electron chi connectivity index (χ4n) is 1.70. The molecular formula is C8H14N4. The highest BCUT2D eigenvalue weighted by Crippen LogP contribution is 2.13. The first-order valence-corrected chi connectivity index (χ1v) is 4.53. The lowest BCUT2D eigenvalue weighted by molar-refractivity contribution is 0.606. The SMILES string of the molecule is NCc1nnc2n1CCCCC2. The summed E-state index contributed by atoms with van der Waals surface area (Å²) in [7, 11) is 0. The zero-order chi connectivity index (χ0) is 8.39. The van der Waals surface area contributed by atoms with E-state index < -0.39 is 0 Å². The Bertz CT molecular complexity index is 266. The first-order chi connectivity index (χ1) is 5.92. The number of nitrogens with zero attached hydrogens (tertiary/aromatic N) is 3. The van der Waals surface area contributed by atoms with Crippen molar-refractivity contribution in [2.45, 2.75) is 38.8 Å². The van der Waals surface area contributed by atoms with Crippen LogP contribution in [-0.2, 0) is 19.5 Å². The van der Waals surface area contributed by atoms with Gasteiger partial charge < -0.3 is 10.3 Å². The summed E-state index contributed by atoms with van der Waals surface area (Å²) in [6.45, 7) is 1.56. The van der Waals surface area contributed by atoms with Gasteiger partial charge in [0, 0.05) is 13.0 Å². The zero-order valence-electron chi connectivity index (χ0n) is 7.16. The summed E-state index contributed by atoms with van der Waals surface area (Å²) < 4.78 is 2.17. The Kier molecular flexibility index (Phi) is 2.08. The molecule has 12 heavy (non-hydrogen) atoms. The van der Waals surface area contributed by atoms with Crippen molar-refractivity contribution in [3.63, 3.8) is 0 Å². The van der Waals surface area contributed by atoms with Crippen LogP contribution in [0.4, 0.5) is 0 Å². The first kappa shape index (κ1) is 7.73. The molecule has 0 unspecified atom stereocenters. The van der Waals surface area contributed by atoms with Crippen LogP contribution in [0.2, 0.25) is 0 Å². The van der Waals surface area contributed by atoms with Crippen LogP contribution in [0.15, 0.2) is 0 Å². The molecule has 0 amide bonds. The Morgan fingerprint density at radius 3 is 3.00 bits per heavy atom. The maximum absolute atomic E-state index is 5.55. The molecular weight excluding hydrogens is 152 g/mol. The molecule has 2 N–H and O–H groups in total. The number of aromatic nitrogens is 3. The zero-order valence-corrected chi connectivity index (χ0v) is 7.16. The van der Waals surface area contributed by atoms with Crippen molar-refractivity contribution in [2.75, 3.05) is 0 Å². The third kappa shape index (κ3) is 1.22. The molecule has 0 atom stereocenters. The fourth-order valence-corrected chi connectivity index (χ4v) is 1.70. The summed E-state index contributed by atoms with van der Waals surface area (Å²) in [5, 5.41) is 8.17.